The van der Waals surface area contributed by atoms with Gasteiger partial charge in [-0.1, -0.05) is 27.2 Å². The molecule has 1 saturated carbocycles. The number of fused-ring (bicyclic) bond motifs is 1. The second-order valence-corrected chi connectivity index (χ2v) is 13.6. The molecular formula is C18H30N2O4Si. The minimum Gasteiger partial charge on any atom is -0.547 e. The molecule has 25 heavy (non-hydrogen) atoms. The Hall–Kier alpha value is -1.39. The van der Waals surface area contributed by atoms with Gasteiger partial charge in [-0.3, -0.25) is 10.1 Å². The van der Waals surface area contributed by atoms with Crippen LogP contribution in [0.15, 0.2) is 11.8 Å². The molecule has 0 unspecified atom stereocenters. The summed E-state index contributed by atoms with van der Waals surface area (Å²) in [6.45, 7) is 10.7. The van der Waals surface area contributed by atoms with Crippen molar-refractivity contribution in [3.8, 4) is 6.07 Å². The van der Waals surface area contributed by atoms with E-state index in [9.17, 15) is 15.4 Å². The largest absolute Gasteiger partial charge is 0.547 e. The van der Waals surface area contributed by atoms with Gasteiger partial charge in [-0.15, -0.1) is 0 Å². The molecule has 3 atom stereocenters. The maximum atomic E-state index is 12.1. The van der Waals surface area contributed by atoms with Gasteiger partial charge in [0.1, 0.15) is 5.41 Å². The van der Waals surface area contributed by atoms with Gasteiger partial charge in [0.15, 0.2) is 6.10 Å². The van der Waals surface area contributed by atoms with Crippen molar-refractivity contribution < 1.29 is 14.1 Å². The molecule has 140 valence electrons. The number of hydrogen-bond acceptors (Lipinski definition) is 5. The summed E-state index contributed by atoms with van der Waals surface area (Å²) in [5.41, 5.74) is -2.45. The highest BCUT2D eigenvalue weighted by molar-refractivity contribution is 6.74. The Balaban J connectivity index is 2.52. The Morgan fingerprint density at radius 1 is 1.36 bits per heavy atom. The fourth-order valence-electron chi connectivity index (χ4n) is 3.97. The van der Waals surface area contributed by atoms with Crippen LogP contribution in [0.5, 0.6) is 0 Å². The van der Waals surface area contributed by atoms with Crippen LogP contribution in [0.4, 0.5) is 0 Å². The van der Waals surface area contributed by atoms with E-state index in [0.717, 1.165) is 12.8 Å². The average molecular weight is 367 g/mol. The Bertz CT molecular complexity index is 620. The molecule has 0 aromatic rings. The fourth-order valence-corrected chi connectivity index (χ4v) is 5.07. The first-order chi connectivity index (χ1) is 11.5. The van der Waals surface area contributed by atoms with Gasteiger partial charge in [-0.25, -0.2) is 0 Å². The van der Waals surface area contributed by atoms with Crippen molar-refractivity contribution in [2.45, 2.75) is 82.7 Å². The standard InChI is InChI=1S/C18H30N2O4Si/c1-16(2,3)25(5,6)24-14-11-15(23-4)18(20(21)22)10-8-7-9-17(18,12-14)13-19/h11,15H,7-10,12H2,1-6H3/t15-,17+,18+/m0/s1. The van der Waals surface area contributed by atoms with E-state index in [4.69, 9.17) is 9.16 Å². The van der Waals surface area contributed by atoms with Crippen LogP contribution >= 0.6 is 0 Å². The van der Waals surface area contributed by atoms with Crippen LogP contribution < -0.4 is 0 Å². The molecule has 1 fully saturated rings. The third-order valence-corrected chi connectivity index (χ3v) is 10.9. The zero-order chi connectivity index (χ0) is 19.1. The molecule has 2 aliphatic rings. The normalized spacial score (nSPS) is 33.0. The first kappa shape index (κ1) is 19.9. The lowest BCUT2D eigenvalue weighted by molar-refractivity contribution is -0.605. The predicted octanol–water partition coefficient (Wildman–Crippen LogP) is 4.41. The molecule has 0 aromatic heterocycles. The van der Waals surface area contributed by atoms with Crippen LogP contribution in [0, 0.1) is 26.9 Å². The first-order valence-electron chi connectivity index (χ1n) is 8.94. The van der Waals surface area contributed by atoms with Gasteiger partial charge in [0.05, 0.1) is 11.8 Å². The fraction of sp³-hybridized carbons (Fsp3) is 0.833. The smallest absolute Gasteiger partial charge is 0.270 e. The van der Waals surface area contributed by atoms with E-state index >= 15 is 0 Å². The predicted molar refractivity (Wildman–Crippen MR) is 98.0 cm³/mol. The summed E-state index contributed by atoms with van der Waals surface area (Å²) in [6.07, 6.45) is 3.79. The molecule has 0 amide bonds. The van der Waals surface area contributed by atoms with E-state index in [0.29, 0.717) is 25.0 Å². The summed E-state index contributed by atoms with van der Waals surface area (Å²) in [5.74, 6) is 0.694. The summed E-state index contributed by atoms with van der Waals surface area (Å²) in [6, 6.07) is 2.33. The molecule has 2 rings (SSSR count). The zero-order valence-corrected chi connectivity index (χ0v) is 17.2. The van der Waals surface area contributed by atoms with Gasteiger partial charge >= 0.3 is 0 Å². The highest BCUT2D eigenvalue weighted by atomic mass is 28.4. The molecule has 7 heteroatoms. The van der Waals surface area contributed by atoms with E-state index in [1.54, 1.807) is 6.08 Å². The number of nitrogens with zero attached hydrogens (tertiary/aromatic N) is 2. The number of rotatable bonds is 4. The highest BCUT2D eigenvalue weighted by Gasteiger charge is 2.69. The van der Waals surface area contributed by atoms with E-state index < -0.39 is 25.4 Å². The summed E-state index contributed by atoms with van der Waals surface area (Å²) >= 11 is 0. The van der Waals surface area contributed by atoms with Crippen molar-refractivity contribution in [2.24, 2.45) is 5.41 Å². The van der Waals surface area contributed by atoms with Crippen molar-refractivity contribution in [3.63, 3.8) is 0 Å². The SMILES string of the molecule is CO[C@H]1C=C(O[Si](C)(C)C(C)(C)C)C[C@@]2(C#N)CCCC[C@@]12[N+](=O)[O-]. The maximum absolute atomic E-state index is 12.1. The van der Waals surface area contributed by atoms with Crippen LogP contribution in [-0.2, 0) is 9.16 Å². The van der Waals surface area contributed by atoms with Gasteiger partial charge in [-0.05, 0) is 37.0 Å². The number of nitro groups is 1. The van der Waals surface area contributed by atoms with Crippen molar-refractivity contribution in [3.05, 3.63) is 21.9 Å². The minimum atomic E-state index is -2.09. The molecular weight excluding hydrogens is 336 g/mol. The molecule has 0 bridgehead atoms. The summed E-state index contributed by atoms with van der Waals surface area (Å²) in [5, 5.41) is 22.1. The third kappa shape index (κ3) is 3.00. The van der Waals surface area contributed by atoms with Crippen molar-refractivity contribution in [1.29, 1.82) is 5.26 Å². The van der Waals surface area contributed by atoms with E-state index in [2.05, 4.69) is 39.9 Å². The Morgan fingerprint density at radius 2 is 1.96 bits per heavy atom. The zero-order valence-electron chi connectivity index (χ0n) is 16.2. The van der Waals surface area contributed by atoms with Gasteiger partial charge < -0.3 is 9.16 Å². The lowest BCUT2D eigenvalue weighted by Gasteiger charge is -2.49. The van der Waals surface area contributed by atoms with Crippen molar-refractivity contribution in [1.82, 2.24) is 0 Å². The quantitative estimate of drug-likeness (QED) is 0.418. The minimum absolute atomic E-state index is 0.0143. The van der Waals surface area contributed by atoms with Crippen LogP contribution in [0.1, 0.15) is 52.9 Å². The second kappa shape index (κ2) is 6.40. The molecule has 0 heterocycles. The molecule has 0 aliphatic heterocycles. The lowest BCUT2D eigenvalue weighted by atomic mass is 9.55. The average Bonchev–Trinajstić information content (AvgIpc) is 2.51. The monoisotopic (exact) mass is 366 g/mol. The van der Waals surface area contributed by atoms with Gasteiger partial charge in [0.25, 0.3) is 5.54 Å². The molecule has 0 saturated heterocycles. The maximum Gasteiger partial charge on any atom is 0.270 e. The van der Waals surface area contributed by atoms with Gasteiger partial charge in [0, 0.05) is 24.9 Å². The second-order valence-electron chi connectivity index (χ2n) is 8.91. The topological polar surface area (TPSA) is 85.4 Å². The van der Waals surface area contributed by atoms with E-state index in [1.807, 2.05) is 0 Å². The number of nitriles is 1. The molecule has 0 spiro atoms. The van der Waals surface area contributed by atoms with Crippen molar-refractivity contribution >= 4 is 8.32 Å². The number of ether oxygens (including phenoxy) is 1. The van der Waals surface area contributed by atoms with E-state index in [1.165, 1.54) is 7.11 Å². The van der Waals surface area contributed by atoms with Gasteiger partial charge in [0.2, 0.25) is 8.32 Å². The van der Waals surface area contributed by atoms with Gasteiger partial charge in [-0.2, -0.15) is 5.26 Å². The molecule has 0 radical (unpaired) electrons. The number of hydrogen-bond donors (Lipinski definition) is 0. The van der Waals surface area contributed by atoms with Crippen LogP contribution in [0.25, 0.3) is 0 Å². The Kier molecular flexibility index (Phi) is 5.10. The first-order valence-corrected chi connectivity index (χ1v) is 11.8. The van der Waals surface area contributed by atoms with E-state index in [-0.39, 0.29) is 9.96 Å². The van der Waals surface area contributed by atoms with Crippen LogP contribution in [0.2, 0.25) is 18.1 Å². The summed E-state index contributed by atoms with van der Waals surface area (Å²) in [7, 11) is -0.607. The summed E-state index contributed by atoms with van der Waals surface area (Å²) in [4.78, 5) is 11.8. The molecule has 0 N–H and O–H groups in total. The third-order valence-electron chi connectivity index (χ3n) is 6.51. The van der Waals surface area contributed by atoms with Crippen molar-refractivity contribution in [2.75, 3.05) is 7.11 Å². The highest BCUT2D eigenvalue weighted by Crippen LogP contribution is 2.56. The Labute approximate surface area is 151 Å². The lowest BCUT2D eigenvalue weighted by Crippen LogP contribution is -2.64. The molecule has 2 aliphatic carbocycles. The number of methoxy groups -OCH3 is 1. The Morgan fingerprint density at radius 3 is 2.44 bits per heavy atom. The molecule has 6 nitrogen and oxygen atoms in total. The van der Waals surface area contributed by atoms with Crippen LogP contribution in [-0.4, -0.2) is 32.0 Å². The summed E-state index contributed by atoms with van der Waals surface area (Å²) < 4.78 is 12.0. The molecule has 0 aromatic carbocycles. The number of allylic oxidation sites excluding steroid dienone is 1. The van der Waals surface area contributed by atoms with Crippen LogP contribution in [0.3, 0.4) is 0 Å².